The number of hydrogen-bond donors (Lipinski definition) is 0. The Kier molecular flexibility index (Phi) is 9.04. The van der Waals surface area contributed by atoms with E-state index in [2.05, 4.69) is 0 Å². The van der Waals surface area contributed by atoms with Crippen LogP contribution in [0.3, 0.4) is 0 Å². The zero-order valence-corrected chi connectivity index (χ0v) is 20.6. The highest BCUT2D eigenvalue weighted by Gasteiger charge is 2.08. The molecule has 0 saturated carbocycles. The van der Waals surface area contributed by atoms with Gasteiger partial charge in [-0.15, -0.1) is 0 Å². The van der Waals surface area contributed by atoms with Crippen molar-refractivity contribution in [3.8, 4) is 0 Å². The van der Waals surface area contributed by atoms with E-state index in [-0.39, 0.29) is 23.8 Å². The Morgan fingerprint density at radius 1 is 0.486 bits per heavy atom. The zero-order chi connectivity index (χ0) is 24.3. The highest BCUT2D eigenvalue weighted by molar-refractivity contribution is 8.13. The van der Waals surface area contributed by atoms with Crippen LogP contribution in [0.4, 0.5) is 9.59 Å². The molecule has 4 aromatic carbocycles. The maximum absolute atomic E-state index is 12.1. The number of ether oxygens (including phenoxy) is 2. The molecule has 0 fully saturated rings. The average Bonchev–Trinajstić information content (AvgIpc) is 2.90. The number of hydrogen-bond acceptors (Lipinski definition) is 6. The van der Waals surface area contributed by atoms with Gasteiger partial charge in [0.2, 0.25) is 0 Å². The van der Waals surface area contributed by atoms with Gasteiger partial charge in [-0.25, -0.2) is 9.59 Å². The molecule has 0 aliphatic carbocycles. The average molecular weight is 501 g/mol. The van der Waals surface area contributed by atoms with Crippen LogP contribution in [0.2, 0.25) is 0 Å². The van der Waals surface area contributed by atoms with Crippen molar-refractivity contribution < 1.29 is 19.1 Å². The second-order valence-corrected chi connectivity index (χ2v) is 9.74. The fourth-order valence-corrected chi connectivity index (χ4v) is 4.44. The molecule has 35 heavy (non-hydrogen) atoms. The quantitative estimate of drug-likeness (QED) is 0.180. The summed E-state index contributed by atoms with van der Waals surface area (Å²) in [4.78, 5) is 25.9. The molecular weight excluding hydrogens is 476 g/mol. The van der Waals surface area contributed by atoms with E-state index in [4.69, 9.17) is 9.47 Å². The summed E-state index contributed by atoms with van der Waals surface area (Å²) in [6, 6.07) is 35.0. The molecule has 176 valence electrons. The van der Waals surface area contributed by atoms with Crippen LogP contribution in [-0.4, -0.2) is 10.6 Å². The van der Waals surface area contributed by atoms with Crippen LogP contribution in [0.5, 0.6) is 0 Å². The van der Waals surface area contributed by atoms with E-state index in [0.717, 1.165) is 62.0 Å². The van der Waals surface area contributed by atoms with Gasteiger partial charge in [-0.2, -0.15) is 0 Å². The molecule has 4 nitrogen and oxygen atoms in total. The predicted octanol–water partition coefficient (Wildman–Crippen LogP) is 8.14. The maximum Gasteiger partial charge on any atom is 0.372 e. The van der Waals surface area contributed by atoms with Crippen LogP contribution in [0, 0.1) is 0 Å². The van der Waals surface area contributed by atoms with E-state index in [1.54, 1.807) is 0 Å². The molecule has 0 atom stereocenters. The summed E-state index contributed by atoms with van der Waals surface area (Å²) >= 11 is 2.16. The molecule has 0 heterocycles. The second-order valence-electron chi connectivity index (χ2n) is 7.72. The molecule has 0 bridgehead atoms. The van der Waals surface area contributed by atoms with Crippen LogP contribution >= 0.6 is 23.5 Å². The first-order valence-corrected chi connectivity index (χ1v) is 12.7. The van der Waals surface area contributed by atoms with Gasteiger partial charge in [0, 0.05) is 9.79 Å². The minimum atomic E-state index is -0.322. The van der Waals surface area contributed by atoms with Crippen LogP contribution in [-0.2, 0) is 29.1 Å². The van der Waals surface area contributed by atoms with E-state index in [9.17, 15) is 9.59 Å². The summed E-state index contributed by atoms with van der Waals surface area (Å²) < 4.78 is 10.6. The lowest BCUT2D eigenvalue weighted by Crippen LogP contribution is -1.98. The fraction of sp³-hybridized carbons (Fsp3) is 0.103. The van der Waals surface area contributed by atoms with Gasteiger partial charge in [0.1, 0.15) is 13.2 Å². The molecule has 4 aromatic rings. The lowest BCUT2D eigenvalue weighted by molar-refractivity contribution is 0.168. The number of thioether (sulfide) groups is 2. The van der Waals surface area contributed by atoms with Gasteiger partial charge >= 0.3 is 10.6 Å². The van der Waals surface area contributed by atoms with Gasteiger partial charge in [-0.05, 0) is 76.5 Å². The molecule has 0 spiro atoms. The zero-order valence-electron chi connectivity index (χ0n) is 19.0. The third kappa shape index (κ3) is 8.35. The van der Waals surface area contributed by atoms with Crippen molar-refractivity contribution in [2.75, 3.05) is 0 Å². The fourth-order valence-electron chi connectivity index (χ4n) is 3.27. The van der Waals surface area contributed by atoms with Crippen LogP contribution in [0.15, 0.2) is 119 Å². The number of carbonyl (C=O) groups is 2. The molecule has 0 amide bonds. The molecule has 0 aliphatic rings. The summed E-state index contributed by atoms with van der Waals surface area (Å²) in [7, 11) is 0. The normalized spacial score (nSPS) is 10.5. The summed E-state index contributed by atoms with van der Waals surface area (Å²) in [5.41, 5.74) is 4.19. The highest BCUT2D eigenvalue weighted by Crippen LogP contribution is 2.24. The minimum Gasteiger partial charge on any atom is -0.452 e. The largest absolute Gasteiger partial charge is 0.452 e. The molecule has 0 aliphatic heterocycles. The first-order valence-electron chi connectivity index (χ1n) is 11.1. The third-order valence-electron chi connectivity index (χ3n) is 5.06. The number of carbonyl (C=O) groups excluding carboxylic acids is 2. The van der Waals surface area contributed by atoms with Gasteiger partial charge in [-0.3, -0.25) is 0 Å². The van der Waals surface area contributed by atoms with Crippen molar-refractivity contribution >= 4 is 34.1 Å². The van der Waals surface area contributed by atoms with E-state index in [1.807, 2.05) is 109 Å². The monoisotopic (exact) mass is 500 g/mol. The molecule has 0 N–H and O–H groups in total. The molecule has 4 rings (SSSR count). The standard InChI is InChI=1S/C29H24O4S2/c30-28(32-20-24-7-3-1-4-8-24)34-26-15-11-22(12-16-26)19-23-13-17-27(18-14-23)35-29(31)33-21-25-9-5-2-6-10-25/h1-18H,19-21H2. The summed E-state index contributed by atoms with van der Waals surface area (Å²) in [6.07, 6.45) is 0.757. The van der Waals surface area contributed by atoms with Crippen molar-refractivity contribution in [3.05, 3.63) is 131 Å². The maximum atomic E-state index is 12.1. The molecule has 0 saturated heterocycles. The van der Waals surface area contributed by atoms with Gasteiger partial charge in [-0.1, -0.05) is 84.9 Å². The van der Waals surface area contributed by atoms with E-state index >= 15 is 0 Å². The summed E-state index contributed by atoms with van der Waals surface area (Å²) in [5, 5.41) is -0.644. The van der Waals surface area contributed by atoms with E-state index in [1.165, 1.54) is 0 Å². The molecule has 0 aromatic heterocycles. The van der Waals surface area contributed by atoms with Crippen molar-refractivity contribution in [2.45, 2.75) is 29.4 Å². The van der Waals surface area contributed by atoms with E-state index in [0.29, 0.717) is 0 Å². The highest BCUT2D eigenvalue weighted by atomic mass is 32.2. The van der Waals surface area contributed by atoms with Gasteiger partial charge in [0.25, 0.3) is 0 Å². The molecule has 6 heteroatoms. The first-order chi connectivity index (χ1) is 17.1. The Labute approximate surface area is 213 Å². The SMILES string of the molecule is O=C(OCc1ccccc1)Sc1ccc(Cc2ccc(SC(=O)OCc3ccccc3)cc2)cc1. The van der Waals surface area contributed by atoms with Gasteiger partial charge in [0.05, 0.1) is 0 Å². The number of benzene rings is 4. The molecule has 0 radical (unpaired) electrons. The Morgan fingerprint density at radius 3 is 1.23 bits per heavy atom. The second kappa shape index (κ2) is 12.8. The Bertz CT molecular complexity index is 1130. The smallest absolute Gasteiger partial charge is 0.372 e. The van der Waals surface area contributed by atoms with Gasteiger partial charge in [0.15, 0.2) is 0 Å². The first kappa shape index (κ1) is 24.6. The lowest BCUT2D eigenvalue weighted by Gasteiger charge is -2.07. The molecular formula is C29H24O4S2. The summed E-state index contributed by atoms with van der Waals surface area (Å²) in [5.74, 6) is 0. The molecule has 0 unspecified atom stereocenters. The van der Waals surface area contributed by atoms with Crippen LogP contribution < -0.4 is 0 Å². The van der Waals surface area contributed by atoms with Crippen molar-refractivity contribution in [1.29, 1.82) is 0 Å². The Morgan fingerprint density at radius 2 is 0.857 bits per heavy atom. The van der Waals surface area contributed by atoms with Crippen molar-refractivity contribution in [3.63, 3.8) is 0 Å². The topological polar surface area (TPSA) is 52.6 Å². The summed E-state index contributed by atoms with van der Waals surface area (Å²) in [6.45, 7) is 0.535. The van der Waals surface area contributed by atoms with Crippen LogP contribution in [0.25, 0.3) is 0 Å². The lowest BCUT2D eigenvalue weighted by atomic mass is 10.1. The number of rotatable bonds is 8. The van der Waals surface area contributed by atoms with Crippen molar-refractivity contribution in [2.24, 2.45) is 0 Å². The predicted molar refractivity (Wildman–Crippen MR) is 141 cm³/mol. The third-order valence-corrected chi connectivity index (χ3v) is 6.64. The van der Waals surface area contributed by atoms with Crippen molar-refractivity contribution in [1.82, 2.24) is 0 Å². The van der Waals surface area contributed by atoms with Crippen LogP contribution in [0.1, 0.15) is 22.3 Å². The Hall–Kier alpha value is -3.48. The van der Waals surface area contributed by atoms with Gasteiger partial charge < -0.3 is 9.47 Å². The Balaban J connectivity index is 1.21. The van der Waals surface area contributed by atoms with E-state index < -0.39 is 0 Å². The minimum absolute atomic E-state index is 0.268.